The summed E-state index contributed by atoms with van der Waals surface area (Å²) >= 11 is 0. The molecule has 1 amide bonds. The van der Waals surface area contributed by atoms with Gasteiger partial charge in [0.1, 0.15) is 5.75 Å². The Kier molecular flexibility index (Phi) is 5.14. The van der Waals surface area contributed by atoms with E-state index in [1.165, 1.54) is 0 Å². The first-order chi connectivity index (χ1) is 10.1. The number of carboxylic acid groups (broad SMARTS) is 1. The van der Waals surface area contributed by atoms with Gasteiger partial charge in [-0.25, -0.2) is 0 Å². The van der Waals surface area contributed by atoms with Crippen molar-refractivity contribution in [2.75, 3.05) is 0 Å². The zero-order valence-corrected chi connectivity index (χ0v) is 12.0. The molecule has 2 N–H and O–H groups in total. The van der Waals surface area contributed by atoms with Crippen LogP contribution >= 0.6 is 0 Å². The van der Waals surface area contributed by atoms with Crippen molar-refractivity contribution in [1.82, 2.24) is 10.3 Å². The Balaban J connectivity index is 1.78. The molecular formula is C15H20N2O4. The van der Waals surface area contributed by atoms with E-state index >= 15 is 0 Å². The number of carbonyl (C=O) groups excluding carboxylic acids is 1. The number of hydrogen-bond donors (Lipinski definition) is 2. The van der Waals surface area contributed by atoms with Crippen LogP contribution < -0.4 is 10.1 Å². The minimum Gasteiger partial charge on any atom is -0.481 e. The van der Waals surface area contributed by atoms with Crippen LogP contribution in [-0.2, 0) is 9.59 Å². The largest absolute Gasteiger partial charge is 0.481 e. The minimum atomic E-state index is -0.743. The molecule has 1 heterocycles. The number of aromatic nitrogens is 1. The summed E-state index contributed by atoms with van der Waals surface area (Å²) < 4.78 is 5.51. The number of nitrogens with zero attached hydrogens (tertiary/aromatic N) is 1. The maximum atomic E-state index is 12.1. The van der Waals surface area contributed by atoms with Crippen molar-refractivity contribution in [3.8, 4) is 5.75 Å². The second kappa shape index (κ2) is 7.06. The van der Waals surface area contributed by atoms with Gasteiger partial charge in [-0.3, -0.25) is 14.6 Å². The molecule has 6 heteroatoms. The van der Waals surface area contributed by atoms with Crippen molar-refractivity contribution in [2.45, 2.75) is 44.8 Å². The molecule has 1 atom stereocenters. The highest BCUT2D eigenvalue weighted by Crippen LogP contribution is 2.24. The van der Waals surface area contributed by atoms with E-state index in [1.54, 1.807) is 31.5 Å². The molecule has 1 aromatic heterocycles. The van der Waals surface area contributed by atoms with Gasteiger partial charge in [0.15, 0.2) is 6.10 Å². The van der Waals surface area contributed by atoms with Gasteiger partial charge in [0.05, 0.1) is 12.1 Å². The number of amides is 1. The second-order valence-corrected chi connectivity index (χ2v) is 5.34. The van der Waals surface area contributed by atoms with Gasteiger partial charge in [-0.2, -0.15) is 0 Å². The fourth-order valence-electron chi connectivity index (χ4n) is 2.48. The van der Waals surface area contributed by atoms with Gasteiger partial charge in [0, 0.05) is 12.2 Å². The standard InChI is InChI=1S/C15H20N2O4/c1-10(21-13-3-2-8-16-9-13)14(18)17-12-6-4-11(5-7-12)15(19)20/h2-3,8-12H,4-7H2,1H3,(H,17,18)(H,19,20). The Morgan fingerprint density at radius 3 is 2.67 bits per heavy atom. The fraction of sp³-hybridized carbons (Fsp3) is 0.533. The zero-order chi connectivity index (χ0) is 15.2. The maximum Gasteiger partial charge on any atom is 0.306 e. The summed E-state index contributed by atoms with van der Waals surface area (Å²) in [6.07, 6.45) is 5.20. The van der Waals surface area contributed by atoms with Gasteiger partial charge in [-0.1, -0.05) is 0 Å². The monoisotopic (exact) mass is 292 g/mol. The Hall–Kier alpha value is -2.11. The summed E-state index contributed by atoms with van der Waals surface area (Å²) in [5.41, 5.74) is 0. The van der Waals surface area contributed by atoms with Crippen LogP contribution in [0, 0.1) is 5.92 Å². The number of pyridine rings is 1. The number of rotatable bonds is 5. The van der Waals surface area contributed by atoms with E-state index in [1.807, 2.05) is 0 Å². The molecule has 1 aliphatic carbocycles. The van der Waals surface area contributed by atoms with E-state index in [0.717, 1.165) is 0 Å². The third-order valence-corrected chi connectivity index (χ3v) is 3.74. The molecular weight excluding hydrogens is 272 g/mol. The number of nitrogens with one attached hydrogen (secondary N) is 1. The molecule has 2 rings (SSSR count). The first-order valence-corrected chi connectivity index (χ1v) is 7.16. The molecule has 1 aliphatic rings. The molecule has 0 aliphatic heterocycles. The molecule has 1 unspecified atom stereocenters. The van der Waals surface area contributed by atoms with Crippen LogP contribution in [0.5, 0.6) is 5.75 Å². The van der Waals surface area contributed by atoms with Crippen LogP contribution in [0.2, 0.25) is 0 Å². The summed E-state index contributed by atoms with van der Waals surface area (Å²) in [4.78, 5) is 26.9. The highest BCUT2D eigenvalue weighted by molar-refractivity contribution is 5.81. The molecule has 1 saturated carbocycles. The van der Waals surface area contributed by atoms with Crippen LogP contribution in [0.4, 0.5) is 0 Å². The average molecular weight is 292 g/mol. The number of ether oxygens (including phenoxy) is 1. The SMILES string of the molecule is CC(Oc1cccnc1)C(=O)NC1CCC(C(=O)O)CC1. The molecule has 0 bridgehead atoms. The quantitative estimate of drug-likeness (QED) is 0.860. The van der Waals surface area contributed by atoms with Crippen molar-refractivity contribution in [3.05, 3.63) is 24.5 Å². The molecule has 0 aromatic carbocycles. The van der Waals surface area contributed by atoms with Crippen LogP contribution in [0.3, 0.4) is 0 Å². The Bertz CT molecular complexity index is 484. The Morgan fingerprint density at radius 1 is 1.38 bits per heavy atom. The van der Waals surface area contributed by atoms with Crippen LogP contribution in [0.1, 0.15) is 32.6 Å². The van der Waals surface area contributed by atoms with Crippen LogP contribution in [0.15, 0.2) is 24.5 Å². The summed E-state index contributed by atoms with van der Waals surface area (Å²) in [7, 11) is 0. The highest BCUT2D eigenvalue weighted by Gasteiger charge is 2.27. The van der Waals surface area contributed by atoms with E-state index in [9.17, 15) is 9.59 Å². The van der Waals surface area contributed by atoms with E-state index in [2.05, 4.69) is 10.3 Å². The number of hydrogen-bond acceptors (Lipinski definition) is 4. The van der Waals surface area contributed by atoms with Gasteiger partial charge >= 0.3 is 5.97 Å². The number of carbonyl (C=O) groups is 2. The number of aliphatic carboxylic acids is 1. The third kappa shape index (κ3) is 4.44. The Morgan fingerprint density at radius 2 is 2.10 bits per heavy atom. The fourth-order valence-corrected chi connectivity index (χ4v) is 2.48. The second-order valence-electron chi connectivity index (χ2n) is 5.34. The van der Waals surface area contributed by atoms with Crippen LogP contribution in [0.25, 0.3) is 0 Å². The van der Waals surface area contributed by atoms with Gasteiger partial charge in [-0.15, -0.1) is 0 Å². The predicted octanol–water partition coefficient (Wildman–Crippen LogP) is 1.61. The lowest BCUT2D eigenvalue weighted by atomic mass is 9.86. The van der Waals surface area contributed by atoms with Gasteiger partial charge in [0.2, 0.25) is 0 Å². The van der Waals surface area contributed by atoms with Crippen LogP contribution in [-0.4, -0.2) is 34.1 Å². The first kappa shape index (κ1) is 15.3. The van der Waals surface area contributed by atoms with Crippen molar-refractivity contribution < 1.29 is 19.4 Å². The number of carboxylic acids is 1. The predicted molar refractivity (Wildman–Crippen MR) is 75.9 cm³/mol. The molecule has 0 saturated heterocycles. The lowest BCUT2D eigenvalue weighted by Crippen LogP contribution is -2.44. The summed E-state index contributed by atoms with van der Waals surface area (Å²) in [6, 6.07) is 3.52. The molecule has 21 heavy (non-hydrogen) atoms. The lowest BCUT2D eigenvalue weighted by Gasteiger charge is -2.27. The van der Waals surface area contributed by atoms with E-state index in [0.29, 0.717) is 31.4 Å². The summed E-state index contributed by atoms with van der Waals surface area (Å²) in [5, 5.41) is 11.9. The van der Waals surface area contributed by atoms with Gasteiger partial charge in [0.25, 0.3) is 5.91 Å². The van der Waals surface area contributed by atoms with Gasteiger partial charge in [-0.05, 0) is 44.7 Å². The molecule has 0 radical (unpaired) electrons. The topological polar surface area (TPSA) is 88.5 Å². The normalized spacial score (nSPS) is 23.1. The zero-order valence-electron chi connectivity index (χ0n) is 12.0. The molecule has 1 fully saturated rings. The maximum absolute atomic E-state index is 12.1. The third-order valence-electron chi connectivity index (χ3n) is 3.74. The molecule has 6 nitrogen and oxygen atoms in total. The van der Waals surface area contributed by atoms with Crippen molar-refractivity contribution in [3.63, 3.8) is 0 Å². The van der Waals surface area contributed by atoms with E-state index in [-0.39, 0.29) is 17.9 Å². The average Bonchev–Trinajstić information content (AvgIpc) is 2.48. The van der Waals surface area contributed by atoms with Gasteiger partial charge < -0.3 is 15.2 Å². The summed E-state index contributed by atoms with van der Waals surface area (Å²) in [6.45, 7) is 1.69. The van der Waals surface area contributed by atoms with Crippen molar-refractivity contribution >= 4 is 11.9 Å². The first-order valence-electron chi connectivity index (χ1n) is 7.16. The highest BCUT2D eigenvalue weighted by atomic mass is 16.5. The summed E-state index contributed by atoms with van der Waals surface area (Å²) in [5.74, 6) is -0.650. The molecule has 0 spiro atoms. The smallest absolute Gasteiger partial charge is 0.306 e. The molecule has 114 valence electrons. The lowest BCUT2D eigenvalue weighted by molar-refractivity contribution is -0.142. The van der Waals surface area contributed by atoms with Crippen molar-refractivity contribution in [2.24, 2.45) is 5.92 Å². The Labute approximate surface area is 123 Å². The minimum absolute atomic E-state index is 0.0352. The van der Waals surface area contributed by atoms with Crippen molar-refractivity contribution in [1.29, 1.82) is 0 Å². The molecule has 1 aromatic rings. The van der Waals surface area contributed by atoms with E-state index in [4.69, 9.17) is 9.84 Å². The van der Waals surface area contributed by atoms with E-state index < -0.39 is 12.1 Å².